The van der Waals surface area contributed by atoms with E-state index in [-0.39, 0.29) is 0 Å². The molecule has 1 aromatic carbocycles. The number of fused-ring (bicyclic) bond motifs is 1. The van der Waals surface area contributed by atoms with E-state index in [1.165, 1.54) is 0 Å². The van der Waals surface area contributed by atoms with E-state index in [1.807, 2.05) is 0 Å². The summed E-state index contributed by atoms with van der Waals surface area (Å²) < 4.78 is 11.2. The largest absolute Gasteiger partial charge is 0.423 e. The maximum atomic E-state index is 6.17. The monoisotopic (exact) mass is 304 g/mol. The molecule has 4 rings (SSSR count). The van der Waals surface area contributed by atoms with Gasteiger partial charge in [-0.05, 0) is 12.1 Å². The summed E-state index contributed by atoms with van der Waals surface area (Å²) in [7, 11) is 0. The first-order valence-electron chi connectivity index (χ1n) is 6.78. The van der Waals surface area contributed by atoms with Crippen LogP contribution in [0.3, 0.4) is 0 Å². The van der Waals surface area contributed by atoms with Gasteiger partial charge in [-0.3, -0.25) is 0 Å². The summed E-state index contributed by atoms with van der Waals surface area (Å²) in [6.45, 7) is 3.60. The molecule has 3 aromatic rings. The smallest absolute Gasteiger partial charge is 0.298 e. The van der Waals surface area contributed by atoms with Gasteiger partial charge >= 0.3 is 0 Å². The Kier molecular flexibility index (Phi) is 3.05. The molecule has 1 fully saturated rings. The van der Waals surface area contributed by atoms with Crippen LogP contribution in [-0.4, -0.2) is 36.3 Å². The van der Waals surface area contributed by atoms with E-state index in [0.717, 1.165) is 37.3 Å². The van der Waals surface area contributed by atoms with Crippen molar-refractivity contribution >= 4 is 28.7 Å². The number of hydrogen-bond donors (Lipinski definition) is 1. The van der Waals surface area contributed by atoms with E-state index in [1.54, 1.807) is 24.4 Å². The fourth-order valence-electron chi connectivity index (χ4n) is 2.52. The Morgan fingerprint density at radius 1 is 1.24 bits per heavy atom. The Balaban J connectivity index is 1.84. The van der Waals surface area contributed by atoms with E-state index >= 15 is 0 Å². The number of nitrogens with one attached hydrogen (secondary N) is 1. The predicted octanol–water partition coefficient (Wildman–Crippen LogP) is 2.55. The lowest BCUT2D eigenvalue weighted by molar-refractivity contribution is 0.432. The van der Waals surface area contributed by atoms with Crippen molar-refractivity contribution in [3.05, 3.63) is 29.4 Å². The molecule has 3 heterocycles. The molecule has 0 unspecified atom stereocenters. The van der Waals surface area contributed by atoms with Crippen LogP contribution in [0.1, 0.15) is 0 Å². The fourth-order valence-corrected chi connectivity index (χ4v) is 2.73. The average molecular weight is 305 g/mol. The molecule has 0 aliphatic carbocycles. The molecule has 6 nitrogen and oxygen atoms in total. The summed E-state index contributed by atoms with van der Waals surface area (Å²) in [5, 5.41) is 7.63. The van der Waals surface area contributed by atoms with Gasteiger partial charge in [-0.2, -0.15) is 4.98 Å². The lowest BCUT2D eigenvalue weighted by atomic mass is 10.1. The van der Waals surface area contributed by atoms with E-state index in [0.29, 0.717) is 22.4 Å². The van der Waals surface area contributed by atoms with Crippen molar-refractivity contribution < 1.29 is 8.94 Å². The molecule has 0 saturated carbocycles. The quantitative estimate of drug-likeness (QED) is 0.785. The number of oxazole rings is 1. The Bertz CT molecular complexity index is 763. The van der Waals surface area contributed by atoms with Crippen molar-refractivity contribution in [1.29, 1.82) is 0 Å². The second-order valence-corrected chi connectivity index (χ2v) is 5.35. The second-order valence-electron chi connectivity index (χ2n) is 4.91. The van der Waals surface area contributed by atoms with E-state index < -0.39 is 0 Å². The molecule has 0 bridgehead atoms. The molecule has 0 spiro atoms. The van der Waals surface area contributed by atoms with Gasteiger partial charge < -0.3 is 19.2 Å². The average Bonchev–Trinajstić information content (AvgIpc) is 3.16. The molecule has 108 valence electrons. The SMILES string of the molecule is Clc1cc(-c2ccno2)c2oc(N3CCNCC3)nc2c1. The van der Waals surface area contributed by atoms with Crippen LogP contribution < -0.4 is 10.2 Å². The van der Waals surface area contributed by atoms with Gasteiger partial charge in [0.05, 0.1) is 11.8 Å². The maximum absolute atomic E-state index is 6.17. The summed E-state index contributed by atoms with van der Waals surface area (Å²) in [4.78, 5) is 6.67. The molecule has 0 radical (unpaired) electrons. The molecule has 1 saturated heterocycles. The van der Waals surface area contributed by atoms with Crippen LogP contribution in [0.2, 0.25) is 5.02 Å². The zero-order chi connectivity index (χ0) is 14.2. The first-order valence-corrected chi connectivity index (χ1v) is 7.16. The highest BCUT2D eigenvalue weighted by Gasteiger charge is 2.20. The maximum Gasteiger partial charge on any atom is 0.298 e. The number of rotatable bonds is 2. The number of piperazine rings is 1. The van der Waals surface area contributed by atoms with Crippen LogP contribution in [0.15, 0.2) is 33.3 Å². The van der Waals surface area contributed by atoms with Crippen LogP contribution in [0.5, 0.6) is 0 Å². The third-order valence-corrected chi connectivity index (χ3v) is 3.75. The van der Waals surface area contributed by atoms with Crippen LogP contribution in [-0.2, 0) is 0 Å². The van der Waals surface area contributed by atoms with Crippen molar-refractivity contribution in [2.75, 3.05) is 31.1 Å². The number of halogens is 1. The number of hydrogen-bond acceptors (Lipinski definition) is 6. The summed E-state index contributed by atoms with van der Waals surface area (Å²) in [5.41, 5.74) is 2.16. The second kappa shape index (κ2) is 5.05. The molecule has 7 heteroatoms. The van der Waals surface area contributed by atoms with Gasteiger partial charge in [-0.25, -0.2) is 0 Å². The molecule has 21 heavy (non-hydrogen) atoms. The first-order chi connectivity index (χ1) is 10.3. The van der Waals surface area contributed by atoms with Gasteiger partial charge in [-0.1, -0.05) is 16.8 Å². The summed E-state index contributed by atoms with van der Waals surface area (Å²) >= 11 is 6.17. The molecular formula is C14H13ClN4O2. The minimum atomic E-state index is 0.592. The van der Waals surface area contributed by atoms with E-state index in [9.17, 15) is 0 Å². The molecule has 1 aliphatic rings. The Labute approximate surface area is 125 Å². The minimum absolute atomic E-state index is 0.592. The molecule has 2 aromatic heterocycles. The number of benzene rings is 1. The predicted molar refractivity (Wildman–Crippen MR) is 79.6 cm³/mol. The summed E-state index contributed by atoms with van der Waals surface area (Å²) in [6, 6.07) is 6.00. The third kappa shape index (κ3) is 2.26. The highest BCUT2D eigenvalue weighted by molar-refractivity contribution is 6.31. The van der Waals surface area contributed by atoms with Gasteiger partial charge in [0.2, 0.25) is 0 Å². The van der Waals surface area contributed by atoms with Crippen molar-refractivity contribution in [2.24, 2.45) is 0 Å². The van der Waals surface area contributed by atoms with Crippen LogP contribution in [0.25, 0.3) is 22.4 Å². The van der Waals surface area contributed by atoms with Crippen LogP contribution >= 0.6 is 11.6 Å². The van der Waals surface area contributed by atoms with E-state index in [2.05, 4.69) is 20.4 Å². The van der Waals surface area contributed by atoms with Crippen molar-refractivity contribution in [1.82, 2.24) is 15.5 Å². The zero-order valence-corrected chi connectivity index (χ0v) is 11.9. The van der Waals surface area contributed by atoms with Crippen LogP contribution in [0.4, 0.5) is 6.01 Å². The van der Waals surface area contributed by atoms with Gasteiger partial charge in [0, 0.05) is 37.3 Å². The molecular weight excluding hydrogens is 292 g/mol. The van der Waals surface area contributed by atoms with Gasteiger partial charge in [0.15, 0.2) is 11.3 Å². The standard InChI is InChI=1S/C14H13ClN4O2/c15-9-7-10(12-1-2-17-21-12)13-11(8-9)18-14(20-13)19-5-3-16-4-6-19/h1-2,7-8,16H,3-6H2. The Hall–Kier alpha value is -2.05. The fraction of sp³-hybridized carbons (Fsp3) is 0.286. The summed E-state index contributed by atoms with van der Waals surface area (Å²) in [6.07, 6.45) is 1.59. The molecule has 0 atom stereocenters. The van der Waals surface area contributed by atoms with Crippen molar-refractivity contribution in [3.63, 3.8) is 0 Å². The number of nitrogens with zero attached hydrogens (tertiary/aromatic N) is 3. The Morgan fingerprint density at radius 3 is 2.86 bits per heavy atom. The lowest BCUT2D eigenvalue weighted by Gasteiger charge is -2.25. The molecule has 1 N–H and O–H groups in total. The summed E-state index contributed by atoms with van der Waals surface area (Å²) in [5.74, 6) is 0.616. The Morgan fingerprint density at radius 2 is 2.10 bits per heavy atom. The lowest BCUT2D eigenvalue weighted by Crippen LogP contribution is -2.43. The highest BCUT2D eigenvalue weighted by atomic mass is 35.5. The highest BCUT2D eigenvalue weighted by Crippen LogP contribution is 2.34. The zero-order valence-electron chi connectivity index (χ0n) is 11.2. The normalized spacial score (nSPS) is 15.8. The number of anilines is 1. The first kappa shape index (κ1) is 12.7. The van der Waals surface area contributed by atoms with Crippen molar-refractivity contribution in [2.45, 2.75) is 0 Å². The van der Waals surface area contributed by atoms with Crippen LogP contribution in [0, 0.1) is 0 Å². The topological polar surface area (TPSA) is 67.3 Å². The molecule has 0 amide bonds. The van der Waals surface area contributed by atoms with Crippen molar-refractivity contribution in [3.8, 4) is 11.3 Å². The van der Waals surface area contributed by atoms with Gasteiger partial charge in [0.1, 0.15) is 5.52 Å². The minimum Gasteiger partial charge on any atom is -0.423 e. The number of aromatic nitrogens is 2. The van der Waals surface area contributed by atoms with E-state index in [4.69, 9.17) is 20.5 Å². The third-order valence-electron chi connectivity index (χ3n) is 3.53. The van der Waals surface area contributed by atoms with Gasteiger partial charge in [0.25, 0.3) is 6.01 Å². The van der Waals surface area contributed by atoms with Gasteiger partial charge in [-0.15, -0.1) is 0 Å². The molecule has 1 aliphatic heterocycles.